The maximum absolute atomic E-state index is 12.6. The number of hydrogen-bond donors (Lipinski definition) is 1. The molecule has 9 heteroatoms. The number of carbonyl (C=O) groups is 2. The lowest BCUT2D eigenvalue weighted by Gasteiger charge is -2.24. The molecule has 1 aliphatic heterocycles. The number of amides is 2. The van der Waals surface area contributed by atoms with Crippen LogP contribution in [0, 0.1) is 0 Å². The molecule has 1 N–H and O–H groups in total. The van der Waals surface area contributed by atoms with Gasteiger partial charge in [0.05, 0.1) is 6.61 Å². The van der Waals surface area contributed by atoms with E-state index in [1.165, 1.54) is 0 Å². The number of anilines is 1. The smallest absolute Gasteiger partial charge is 0.407 e. The standard InChI is InChI=1S/C22H35N3O5S/c1-5-29-19-9-7-18(8-10-19)24-12-6-13-25(15-14-24)20(26)17-31(28)16-11-23-21(27)30-22(2,3)4/h7-10H,5-6,11-17H2,1-4H3,(H,23,27). The van der Waals surface area contributed by atoms with E-state index < -0.39 is 22.5 Å². The van der Waals surface area contributed by atoms with Crippen molar-refractivity contribution in [2.24, 2.45) is 0 Å². The summed E-state index contributed by atoms with van der Waals surface area (Å²) in [5.74, 6) is 0.932. The fourth-order valence-corrected chi connectivity index (χ4v) is 4.16. The molecule has 1 atom stereocenters. The largest absolute Gasteiger partial charge is 0.494 e. The first kappa shape index (κ1) is 25.0. The Morgan fingerprint density at radius 1 is 1.10 bits per heavy atom. The van der Waals surface area contributed by atoms with E-state index in [4.69, 9.17) is 9.47 Å². The number of benzene rings is 1. The molecule has 2 rings (SSSR count). The second kappa shape index (κ2) is 11.9. The SMILES string of the molecule is CCOc1ccc(N2CCCN(C(=O)CS(=O)CCNC(=O)OC(C)(C)C)CC2)cc1. The van der Waals surface area contributed by atoms with Gasteiger partial charge in [-0.15, -0.1) is 0 Å². The van der Waals surface area contributed by atoms with Crippen molar-refractivity contribution in [1.29, 1.82) is 0 Å². The lowest BCUT2D eigenvalue weighted by atomic mass is 10.2. The van der Waals surface area contributed by atoms with E-state index in [1.807, 2.05) is 31.2 Å². The van der Waals surface area contributed by atoms with Crippen molar-refractivity contribution in [3.63, 3.8) is 0 Å². The van der Waals surface area contributed by atoms with Crippen LogP contribution in [0.4, 0.5) is 10.5 Å². The van der Waals surface area contributed by atoms with Crippen LogP contribution in [-0.4, -0.2) is 77.5 Å². The van der Waals surface area contributed by atoms with Gasteiger partial charge in [-0.05, 0) is 58.4 Å². The van der Waals surface area contributed by atoms with Crippen LogP contribution >= 0.6 is 0 Å². The van der Waals surface area contributed by atoms with Gasteiger partial charge in [0.15, 0.2) is 0 Å². The molecule has 1 aromatic carbocycles. The third-order valence-electron chi connectivity index (χ3n) is 4.64. The number of rotatable bonds is 8. The minimum atomic E-state index is -1.34. The van der Waals surface area contributed by atoms with Crippen molar-refractivity contribution >= 4 is 28.5 Å². The molecule has 8 nitrogen and oxygen atoms in total. The zero-order valence-corrected chi connectivity index (χ0v) is 19.8. The molecule has 0 aromatic heterocycles. The van der Waals surface area contributed by atoms with Crippen molar-refractivity contribution in [1.82, 2.24) is 10.2 Å². The molecule has 1 unspecified atom stereocenters. The van der Waals surface area contributed by atoms with Gasteiger partial charge in [0.25, 0.3) is 0 Å². The number of alkyl carbamates (subject to hydrolysis) is 1. The molecule has 1 fully saturated rings. The maximum Gasteiger partial charge on any atom is 0.407 e. The Morgan fingerprint density at radius 2 is 1.81 bits per heavy atom. The first-order chi connectivity index (χ1) is 14.7. The summed E-state index contributed by atoms with van der Waals surface area (Å²) in [6.07, 6.45) is 0.309. The van der Waals surface area contributed by atoms with Crippen LogP contribution in [0.1, 0.15) is 34.1 Å². The zero-order valence-electron chi connectivity index (χ0n) is 19.0. The molecule has 0 saturated carbocycles. The lowest BCUT2D eigenvalue weighted by molar-refractivity contribution is -0.128. The van der Waals surface area contributed by atoms with Gasteiger partial charge in [-0.1, -0.05) is 0 Å². The quantitative estimate of drug-likeness (QED) is 0.650. The summed E-state index contributed by atoms with van der Waals surface area (Å²) in [4.78, 5) is 28.3. The van der Waals surface area contributed by atoms with Gasteiger partial charge in [-0.25, -0.2) is 4.79 Å². The third kappa shape index (κ3) is 9.16. The fraction of sp³-hybridized carbons (Fsp3) is 0.636. The van der Waals surface area contributed by atoms with Crippen LogP contribution in [0.3, 0.4) is 0 Å². The van der Waals surface area contributed by atoms with Gasteiger partial charge in [0.2, 0.25) is 5.91 Å². The van der Waals surface area contributed by atoms with Crippen molar-refractivity contribution in [3.05, 3.63) is 24.3 Å². The van der Waals surface area contributed by atoms with Gasteiger partial charge in [0.1, 0.15) is 17.1 Å². The summed E-state index contributed by atoms with van der Waals surface area (Å²) in [7, 11) is -1.34. The van der Waals surface area contributed by atoms with Crippen LogP contribution < -0.4 is 15.0 Å². The lowest BCUT2D eigenvalue weighted by Crippen LogP contribution is -2.39. The minimum Gasteiger partial charge on any atom is -0.494 e. The van der Waals surface area contributed by atoms with Crippen LogP contribution in [0.15, 0.2) is 24.3 Å². The molecule has 174 valence electrons. The van der Waals surface area contributed by atoms with Crippen LogP contribution in [0.25, 0.3) is 0 Å². The topological polar surface area (TPSA) is 88.2 Å². The predicted octanol–water partition coefficient (Wildman–Crippen LogP) is 2.40. The second-order valence-electron chi connectivity index (χ2n) is 8.37. The Balaban J connectivity index is 1.75. The molecule has 0 bridgehead atoms. The third-order valence-corrected chi connectivity index (χ3v) is 5.87. The average molecular weight is 454 g/mol. The van der Waals surface area contributed by atoms with Crippen LogP contribution in [0.5, 0.6) is 5.75 Å². The van der Waals surface area contributed by atoms with E-state index in [0.29, 0.717) is 19.7 Å². The van der Waals surface area contributed by atoms with Crippen LogP contribution in [0.2, 0.25) is 0 Å². The van der Waals surface area contributed by atoms with Gasteiger partial charge in [0, 0.05) is 55.0 Å². The van der Waals surface area contributed by atoms with E-state index >= 15 is 0 Å². The summed E-state index contributed by atoms with van der Waals surface area (Å²) in [6.45, 7) is 11.0. The zero-order chi connectivity index (χ0) is 22.9. The first-order valence-corrected chi connectivity index (χ1v) is 12.2. The van der Waals surface area contributed by atoms with Gasteiger partial charge in [-0.3, -0.25) is 9.00 Å². The number of hydrogen-bond acceptors (Lipinski definition) is 6. The normalized spacial score (nSPS) is 15.7. The highest BCUT2D eigenvalue weighted by Gasteiger charge is 2.21. The molecule has 1 saturated heterocycles. The molecular weight excluding hydrogens is 418 g/mol. The molecule has 0 radical (unpaired) electrons. The summed E-state index contributed by atoms with van der Waals surface area (Å²) >= 11 is 0. The van der Waals surface area contributed by atoms with Crippen molar-refractivity contribution < 1.29 is 23.3 Å². The van der Waals surface area contributed by atoms with Crippen molar-refractivity contribution in [3.8, 4) is 5.75 Å². The first-order valence-electron chi connectivity index (χ1n) is 10.8. The molecule has 0 spiro atoms. The van der Waals surface area contributed by atoms with E-state index in [2.05, 4.69) is 10.2 Å². The molecule has 1 aromatic rings. The van der Waals surface area contributed by atoms with Gasteiger partial charge >= 0.3 is 6.09 Å². The highest BCUT2D eigenvalue weighted by Crippen LogP contribution is 2.21. The van der Waals surface area contributed by atoms with E-state index in [9.17, 15) is 13.8 Å². The maximum atomic E-state index is 12.6. The fourth-order valence-electron chi connectivity index (χ4n) is 3.23. The highest BCUT2D eigenvalue weighted by atomic mass is 32.2. The monoisotopic (exact) mass is 453 g/mol. The van der Waals surface area contributed by atoms with Crippen LogP contribution in [-0.2, 0) is 20.3 Å². The average Bonchev–Trinajstić information content (AvgIpc) is 2.94. The number of carbonyl (C=O) groups excluding carboxylic acids is 2. The second-order valence-corrected chi connectivity index (χ2v) is 9.94. The van der Waals surface area contributed by atoms with Crippen molar-refractivity contribution in [2.75, 3.05) is 55.7 Å². The van der Waals surface area contributed by atoms with Crippen molar-refractivity contribution in [2.45, 2.75) is 39.7 Å². The highest BCUT2D eigenvalue weighted by molar-refractivity contribution is 7.85. The van der Waals surface area contributed by atoms with Gasteiger partial charge in [-0.2, -0.15) is 0 Å². The molecule has 1 aliphatic rings. The van der Waals surface area contributed by atoms with E-state index in [-0.39, 0.29) is 24.0 Å². The van der Waals surface area contributed by atoms with Gasteiger partial charge < -0.3 is 24.6 Å². The molecular formula is C22H35N3O5S. The van der Waals surface area contributed by atoms with E-state index in [1.54, 1.807) is 25.7 Å². The van der Waals surface area contributed by atoms with E-state index in [0.717, 1.165) is 30.9 Å². The summed E-state index contributed by atoms with van der Waals surface area (Å²) in [5, 5.41) is 2.57. The predicted molar refractivity (Wildman–Crippen MR) is 123 cm³/mol. The molecule has 31 heavy (non-hydrogen) atoms. The number of nitrogens with one attached hydrogen (secondary N) is 1. The molecule has 2 amide bonds. The summed E-state index contributed by atoms with van der Waals surface area (Å²) in [5.41, 5.74) is 0.528. The Labute approximate surface area is 187 Å². The summed E-state index contributed by atoms with van der Waals surface area (Å²) in [6, 6.07) is 7.99. The molecule has 1 heterocycles. The Hall–Kier alpha value is -2.29. The Morgan fingerprint density at radius 3 is 2.45 bits per heavy atom. The molecule has 0 aliphatic carbocycles. The Bertz CT molecular complexity index is 749. The Kier molecular flexibility index (Phi) is 9.61. The number of ether oxygens (including phenoxy) is 2. The summed E-state index contributed by atoms with van der Waals surface area (Å²) < 4.78 is 22.9. The number of nitrogens with zero attached hydrogens (tertiary/aromatic N) is 2. The minimum absolute atomic E-state index is 0.0287.